The summed E-state index contributed by atoms with van der Waals surface area (Å²) in [6.45, 7) is 0.575. The van der Waals surface area contributed by atoms with Gasteiger partial charge in [0.2, 0.25) is 5.69 Å². The van der Waals surface area contributed by atoms with Crippen molar-refractivity contribution in [3.63, 3.8) is 0 Å². The van der Waals surface area contributed by atoms with Crippen LogP contribution in [-0.2, 0) is 9.47 Å². The number of ether oxygens (including phenoxy) is 2. The smallest absolute Gasteiger partial charge is 0.338 e. The summed E-state index contributed by atoms with van der Waals surface area (Å²) < 4.78 is 10.6. The fraction of sp³-hybridized carbons (Fsp3) is 0.176. The third-order valence-electron chi connectivity index (χ3n) is 2.94. The monoisotopic (exact) mass is 299 g/mol. The van der Waals surface area contributed by atoms with Crippen molar-refractivity contribution in [2.45, 2.75) is 0 Å². The van der Waals surface area contributed by atoms with Gasteiger partial charge in [0.15, 0.2) is 6.21 Å². The second kappa shape index (κ2) is 7.95. The molecular formula is C17H17NO4. The zero-order chi connectivity index (χ0) is 15.8. The number of rotatable bonds is 6. The first-order chi connectivity index (χ1) is 10.7. The van der Waals surface area contributed by atoms with Crippen molar-refractivity contribution < 1.29 is 19.0 Å². The highest BCUT2D eigenvalue weighted by Crippen LogP contribution is 2.10. The molecule has 2 aromatic carbocycles. The SMILES string of the molecule is COCCOC(=O)c1ccc(C=[N+]([O-])c2ccccc2)cc1. The molecular weight excluding hydrogens is 282 g/mol. The van der Waals surface area contributed by atoms with Crippen LogP contribution < -0.4 is 0 Å². The molecule has 5 heteroatoms. The van der Waals surface area contributed by atoms with E-state index in [2.05, 4.69) is 0 Å². The minimum Gasteiger partial charge on any atom is -0.618 e. The molecule has 0 spiro atoms. The number of esters is 1. The van der Waals surface area contributed by atoms with E-state index in [1.807, 2.05) is 6.07 Å². The molecule has 2 rings (SSSR count). The summed E-state index contributed by atoms with van der Waals surface area (Å²) in [5.74, 6) is -0.411. The predicted molar refractivity (Wildman–Crippen MR) is 83.5 cm³/mol. The van der Waals surface area contributed by atoms with E-state index in [1.165, 1.54) is 6.21 Å². The molecule has 0 unspecified atom stereocenters. The minimum atomic E-state index is -0.411. The Balaban J connectivity index is 2.04. The molecule has 0 aliphatic carbocycles. The van der Waals surface area contributed by atoms with E-state index in [9.17, 15) is 10.0 Å². The highest BCUT2D eigenvalue weighted by molar-refractivity contribution is 5.90. The van der Waals surface area contributed by atoms with Gasteiger partial charge >= 0.3 is 5.97 Å². The van der Waals surface area contributed by atoms with Crippen molar-refractivity contribution in [2.24, 2.45) is 0 Å². The lowest BCUT2D eigenvalue weighted by molar-refractivity contribution is -0.354. The standard InChI is InChI=1S/C17H17NO4/c1-21-11-12-22-17(19)15-9-7-14(8-10-15)13-18(20)16-5-3-2-4-6-16/h2-10,13H,11-12H2,1H3. The molecule has 0 N–H and O–H groups in total. The summed E-state index contributed by atoms with van der Waals surface area (Å²) >= 11 is 0. The Morgan fingerprint density at radius 1 is 1.09 bits per heavy atom. The van der Waals surface area contributed by atoms with Crippen molar-refractivity contribution in [3.8, 4) is 0 Å². The molecule has 0 aliphatic rings. The molecule has 0 saturated carbocycles. The zero-order valence-electron chi connectivity index (χ0n) is 12.3. The Hall–Kier alpha value is -2.66. The number of methoxy groups -OCH3 is 1. The van der Waals surface area contributed by atoms with Crippen LogP contribution in [-0.4, -0.2) is 37.2 Å². The zero-order valence-corrected chi connectivity index (χ0v) is 12.3. The Morgan fingerprint density at radius 2 is 1.77 bits per heavy atom. The van der Waals surface area contributed by atoms with Crippen LogP contribution in [0.5, 0.6) is 0 Å². The van der Waals surface area contributed by atoms with E-state index in [0.717, 1.165) is 4.74 Å². The van der Waals surface area contributed by atoms with Crippen LogP contribution in [0.3, 0.4) is 0 Å². The van der Waals surface area contributed by atoms with Gasteiger partial charge in [-0.1, -0.05) is 18.2 Å². The molecule has 0 saturated heterocycles. The second-order valence-electron chi connectivity index (χ2n) is 4.54. The molecule has 2 aromatic rings. The molecule has 0 aliphatic heterocycles. The van der Waals surface area contributed by atoms with Gasteiger partial charge in [-0.2, -0.15) is 4.74 Å². The molecule has 0 bridgehead atoms. The first-order valence-electron chi connectivity index (χ1n) is 6.83. The normalized spacial score (nSPS) is 11.2. The Bertz CT molecular complexity index is 635. The second-order valence-corrected chi connectivity index (χ2v) is 4.54. The Morgan fingerprint density at radius 3 is 2.41 bits per heavy atom. The summed E-state index contributed by atoms with van der Waals surface area (Å²) in [5.41, 5.74) is 1.68. The van der Waals surface area contributed by atoms with Gasteiger partial charge < -0.3 is 14.7 Å². The lowest BCUT2D eigenvalue weighted by atomic mass is 10.1. The van der Waals surface area contributed by atoms with Gasteiger partial charge in [0, 0.05) is 24.8 Å². The molecule has 0 atom stereocenters. The lowest BCUT2D eigenvalue weighted by Gasteiger charge is -2.05. The van der Waals surface area contributed by atoms with Crippen molar-refractivity contribution in [2.75, 3.05) is 20.3 Å². The van der Waals surface area contributed by atoms with Gasteiger partial charge in [-0.25, -0.2) is 4.79 Å². The van der Waals surface area contributed by atoms with E-state index in [0.29, 0.717) is 23.4 Å². The number of benzene rings is 2. The molecule has 0 heterocycles. The first kappa shape index (κ1) is 15.7. The van der Waals surface area contributed by atoms with Crippen LogP contribution in [0, 0.1) is 5.21 Å². The minimum absolute atomic E-state index is 0.214. The first-order valence-corrected chi connectivity index (χ1v) is 6.83. The van der Waals surface area contributed by atoms with Crippen molar-refractivity contribution in [1.29, 1.82) is 0 Å². The van der Waals surface area contributed by atoms with Gasteiger partial charge in [-0.15, -0.1) is 0 Å². The fourth-order valence-electron chi connectivity index (χ4n) is 1.79. The highest BCUT2D eigenvalue weighted by Gasteiger charge is 2.07. The topological polar surface area (TPSA) is 61.6 Å². The van der Waals surface area contributed by atoms with Crippen LogP contribution in [0.1, 0.15) is 15.9 Å². The van der Waals surface area contributed by atoms with Crippen LogP contribution in [0.15, 0.2) is 54.6 Å². The summed E-state index contributed by atoms with van der Waals surface area (Å²) in [6.07, 6.45) is 1.45. The number of hydrogen-bond donors (Lipinski definition) is 0. The quantitative estimate of drug-likeness (QED) is 0.205. The largest absolute Gasteiger partial charge is 0.618 e. The molecule has 22 heavy (non-hydrogen) atoms. The van der Waals surface area contributed by atoms with Gasteiger partial charge in [-0.05, 0) is 24.3 Å². The highest BCUT2D eigenvalue weighted by atomic mass is 16.6. The number of nitrogens with zero attached hydrogens (tertiary/aromatic N) is 1. The van der Waals surface area contributed by atoms with Gasteiger partial charge in [0.1, 0.15) is 6.61 Å². The number of para-hydroxylation sites is 1. The maximum absolute atomic E-state index is 12.0. The van der Waals surface area contributed by atoms with Crippen LogP contribution >= 0.6 is 0 Å². The van der Waals surface area contributed by atoms with Crippen molar-refractivity contribution in [1.82, 2.24) is 0 Å². The average molecular weight is 299 g/mol. The summed E-state index contributed by atoms with van der Waals surface area (Å²) in [5, 5.41) is 12.0. The number of hydrogen-bond acceptors (Lipinski definition) is 4. The van der Waals surface area contributed by atoms with Crippen LogP contribution in [0.4, 0.5) is 5.69 Å². The van der Waals surface area contributed by atoms with E-state index < -0.39 is 5.97 Å². The Labute approximate surface area is 129 Å². The molecule has 0 radical (unpaired) electrons. The molecule has 5 nitrogen and oxygen atoms in total. The lowest BCUT2D eigenvalue weighted by Crippen LogP contribution is -2.10. The number of carbonyl (C=O) groups is 1. The van der Waals surface area contributed by atoms with Crippen LogP contribution in [0.2, 0.25) is 0 Å². The van der Waals surface area contributed by atoms with Crippen LogP contribution in [0.25, 0.3) is 0 Å². The average Bonchev–Trinajstić information content (AvgIpc) is 2.56. The third-order valence-corrected chi connectivity index (χ3v) is 2.94. The van der Waals surface area contributed by atoms with E-state index in [1.54, 1.807) is 55.6 Å². The van der Waals surface area contributed by atoms with E-state index in [4.69, 9.17) is 9.47 Å². The summed E-state index contributed by atoms with van der Waals surface area (Å²) in [4.78, 5) is 11.7. The van der Waals surface area contributed by atoms with E-state index >= 15 is 0 Å². The van der Waals surface area contributed by atoms with Gasteiger partial charge in [-0.3, -0.25) is 0 Å². The molecule has 0 amide bonds. The van der Waals surface area contributed by atoms with Crippen molar-refractivity contribution in [3.05, 3.63) is 70.9 Å². The molecule has 0 fully saturated rings. The molecule has 114 valence electrons. The number of carbonyl (C=O) groups excluding carboxylic acids is 1. The maximum Gasteiger partial charge on any atom is 0.338 e. The maximum atomic E-state index is 12.0. The molecule has 0 aromatic heterocycles. The van der Waals surface area contributed by atoms with Gasteiger partial charge in [0.05, 0.1) is 12.2 Å². The van der Waals surface area contributed by atoms with Gasteiger partial charge in [0.25, 0.3) is 0 Å². The Kier molecular flexibility index (Phi) is 5.68. The summed E-state index contributed by atoms with van der Waals surface area (Å²) in [7, 11) is 1.54. The third kappa shape index (κ3) is 4.43. The van der Waals surface area contributed by atoms with Crippen molar-refractivity contribution >= 4 is 17.9 Å². The summed E-state index contributed by atoms with van der Waals surface area (Å²) in [6, 6.07) is 15.5. The fourth-order valence-corrected chi connectivity index (χ4v) is 1.79. The van der Waals surface area contributed by atoms with E-state index in [-0.39, 0.29) is 6.61 Å². The predicted octanol–water partition coefficient (Wildman–Crippen LogP) is 2.75.